The highest BCUT2D eigenvalue weighted by Crippen LogP contribution is 2.21. The lowest BCUT2D eigenvalue weighted by Gasteiger charge is -2.27. The highest BCUT2D eigenvalue weighted by molar-refractivity contribution is 7.88. The molecular formula is C18H21FN2O3S. The van der Waals surface area contributed by atoms with Crippen molar-refractivity contribution in [2.75, 3.05) is 19.3 Å². The Labute approximate surface area is 147 Å². The van der Waals surface area contributed by atoms with Crippen LogP contribution in [0.15, 0.2) is 54.6 Å². The van der Waals surface area contributed by atoms with Gasteiger partial charge in [0.1, 0.15) is 5.82 Å². The summed E-state index contributed by atoms with van der Waals surface area (Å²) in [5, 5.41) is 2.56. The van der Waals surface area contributed by atoms with Crippen molar-refractivity contribution in [2.24, 2.45) is 0 Å². The van der Waals surface area contributed by atoms with E-state index in [1.807, 2.05) is 30.3 Å². The minimum atomic E-state index is -3.48. The number of carbonyl (C=O) groups is 1. The van der Waals surface area contributed by atoms with Crippen molar-refractivity contribution in [2.45, 2.75) is 13.0 Å². The summed E-state index contributed by atoms with van der Waals surface area (Å²) >= 11 is 0. The molecule has 0 aliphatic rings. The van der Waals surface area contributed by atoms with E-state index < -0.39 is 21.7 Å². The Morgan fingerprint density at radius 3 is 2.32 bits per heavy atom. The molecule has 1 amide bonds. The Morgan fingerprint density at radius 1 is 1.12 bits per heavy atom. The largest absolute Gasteiger partial charge is 0.351 e. The van der Waals surface area contributed by atoms with E-state index in [-0.39, 0.29) is 24.7 Å². The van der Waals surface area contributed by atoms with Gasteiger partial charge < -0.3 is 5.32 Å². The van der Waals surface area contributed by atoms with Gasteiger partial charge in [-0.05, 0) is 24.6 Å². The lowest BCUT2D eigenvalue weighted by Crippen LogP contribution is -2.39. The Morgan fingerprint density at radius 2 is 1.72 bits per heavy atom. The first-order valence-corrected chi connectivity index (χ1v) is 9.70. The van der Waals surface area contributed by atoms with E-state index in [4.69, 9.17) is 0 Å². The van der Waals surface area contributed by atoms with Crippen molar-refractivity contribution in [3.8, 4) is 0 Å². The lowest BCUT2D eigenvalue weighted by atomic mass is 10.1. The number of hydrogen-bond acceptors (Lipinski definition) is 3. The summed E-state index contributed by atoms with van der Waals surface area (Å²) in [5.41, 5.74) is 0.790. The molecule has 0 aromatic heterocycles. The lowest BCUT2D eigenvalue weighted by molar-refractivity contribution is 0.0946. The predicted octanol–water partition coefficient (Wildman–Crippen LogP) is 2.58. The summed E-state index contributed by atoms with van der Waals surface area (Å²) in [5.74, 6) is -1.18. The third-order valence-electron chi connectivity index (χ3n) is 3.88. The monoisotopic (exact) mass is 364 g/mol. The van der Waals surface area contributed by atoms with Gasteiger partial charge in [-0.2, -0.15) is 4.31 Å². The number of amides is 1. The van der Waals surface area contributed by atoms with E-state index in [0.717, 1.165) is 11.8 Å². The van der Waals surface area contributed by atoms with Crippen LogP contribution in [0.3, 0.4) is 0 Å². The molecule has 0 aliphatic heterocycles. The van der Waals surface area contributed by atoms with Crippen LogP contribution in [0.25, 0.3) is 0 Å². The maximum atomic E-state index is 13.6. The minimum absolute atomic E-state index is 0.0653. The summed E-state index contributed by atoms with van der Waals surface area (Å²) in [6.07, 6.45) is 1.13. The van der Waals surface area contributed by atoms with Gasteiger partial charge in [-0.25, -0.2) is 12.8 Å². The number of nitrogens with zero attached hydrogens (tertiary/aromatic N) is 1. The molecule has 0 bridgehead atoms. The van der Waals surface area contributed by atoms with Crippen LogP contribution < -0.4 is 5.32 Å². The predicted molar refractivity (Wildman–Crippen MR) is 95.1 cm³/mol. The van der Waals surface area contributed by atoms with Crippen LogP contribution in [-0.4, -0.2) is 38.0 Å². The normalized spacial score (nSPS) is 12.8. The molecule has 0 fully saturated rings. The van der Waals surface area contributed by atoms with Crippen molar-refractivity contribution in [1.82, 2.24) is 9.62 Å². The average Bonchev–Trinajstić information content (AvgIpc) is 2.58. The summed E-state index contributed by atoms with van der Waals surface area (Å²) in [7, 11) is -3.48. The van der Waals surface area contributed by atoms with Gasteiger partial charge in [-0.15, -0.1) is 0 Å². The van der Waals surface area contributed by atoms with Crippen LogP contribution in [0.5, 0.6) is 0 Å². The number of rotatable bonds is 7. The van der Waals surface area contributed by atoms with Crippen molar-refractivity contribution in [1.29, 1.82) is 0 Å². The number of hydrogen-bond donors (Lipinski definition) is 1. The molecule has 0 heterocycles. The van der Waals surface area contributed by atoms with E-state index in [1.165, 1.54) is 22.5 Å². The molecule has 0 radical (unpaired) electrons. The second-order valence-corrected chi connectivity index (χ2v) is 7.63. The molecule has 1 atom stereocenters. The summed E-state index contributed by atoms with van der Waals surface area (Å²) in [6.45, 7) is 1.96. The molecule has 0 saturated heterocycles. The van der Waals surface area contributed by atoms with Gasteiger partial charge in [-0.1, -0.05) is 42.5 Å². The van der Waals surface area contributed by atoms with Crippen molar-refractivity contribution >= 4 is 15.9 Å². The standard InChI is InChI=1S/C18H21FN2O3S/c1-14(15-8-4-3-5-9-15)21(25(2,23)24)13-12-20-18(22)16-10-6-7-11-17(16)19/h3-11,14H,12-13H2,1-2H3,(H,20,22). The zero-order chi connectivity index (χ0) is 18.4. The summed E-state index contributed by atoms with van der Waals surface area (Å²) in [4.78, 5) is 12.0. The van der Waals surface area contributed by atoms with Crippen molar-refractivity contribution in [3.63, 3.8) is 0 Å². The molecule has 2 rings (SSSR count). The maximum Gasteiger partial charge on any atom is 0.254 e. The zero-order valence-corrected chi connectivity index (χ0v) is 15.0. The molecule has 0 aliphatic carbocycles. The fourth-order valence-electron chi connectivity index (χ4n) is 2.56. The first-order chi connectivity index (χ1) is 11.8. The van der Waals surface area contributed by atoms with Gasteiger partial charge in [0.2, 0.25) is 10.0 Å². The van der Waals surface area contributed by atoms with Crippen LogP contribution in [0.2, 0.25) is 0 Å². The van der Waals surface area contributed by atoms with Crippen LogP contribution >= 0.6 is 0 Å². The Kier molecular flexibility index (Phi) is 6.27. The first kappa shape index (κ1) is 19.1. The molecule has 25 heavy (non-hydrogen) atoms. The Hall–Kier alpha value is -2.25. The van der Waals surface area contributed by atoms with E-state index >= 15 is 0 Å². The molecule has 134 valence electrons. The SMILES string of the molecule is CC(c1ccccc1)N(CCNC(=O)c1ccccc1F)S(C)(=O)=O. The number of nitrogens with one attached hydrogen (secondary N) is 1. The second kappa shape index (κ2) is 8.22. The average molecular weight is 364 g/mol. The molecular weight excluding hydrogens is 343 g/mol. The molecule has 2 aromatic carbocycles. The smallest absolute Gasteiger partial charge is 0.254 e. The third-order valence-corrected chi connectivity index (χ3v) is 5.23. The molecule has 5 nitrogen and oxygen atoms in total. The number of benzene rings is 2. The van der Waals surface area contributed by atoms with Crippen LogP contribution in [0.1, 0.15) is 28.9 Å². The summed E-state index contributed by atoms with van der Waals surface area (Å²) < 4.78 is 39.1. The molecule has 1 N–H and O–H groups in total. The van der Waals surface area contributed by atoms with Gasteiger partial charge >= 0.3 is 0 Å². The van der Waals surface area contributed by atoms with Crippen molar-refractivity contribution in [3.05, 3.63) is 71.5 Å². The minimum Gasteiger partial charge on any atom is -0.351 e. The second-order valence-electron chi connectivity index (χ2n) is 5.70. The van der Waals surface area contributed by atoms with E-state index in [2.05, 4.69) is 5.32 Å². The first-order valence-electron chi connectivity index (χ1n) is 7.85. The van der Waals surface area contributed by atoms with E-state index in [0.29, 0.717) is 0 Å². The fraction of sp³-hybridized carbons (Fsp3) is 0.278. The number of halogens is 1. The Balaban J connectivity index is 2.04. The van der Waals surface area contributed by atoms with Gasteiger partial charge in [0.05, 0.1) is 11.8 Å². The molecule has 7 heteroatoms. The molecule has 0 spiro atoms. The van der Waals surface area contributed by atoms with Crippen molar-refractivity contribution < 1.29 is 17.6 Å². The highest BCUT2D eigenvalue weighted by Gasteiger charge is 2.24. The zero-order valence-electron chi connectivity index (χ0n) is 14.1. The molecule has 1 unspecified atom stereocenters. The number of sulfonamides is 1. The van der Waals surface area contributed by atoms with Crippen LogP contribution in [0, 0.1) is 5.82 Å². The highest BCUT2D eigenvalue weighted by atomic mass is 32.2. The quantitative estimate of drug-likeness (QED) is 0.821. The van der Waals surface area contributed by atoms with E-state index in [1.54, 1.807) is 13.0 Å². The van der Waals surface area contributed by atoms with Gasteiger partial charge in [0.25, 0.3) is 5.91 Å². The van der Waals surface area contributed by atoms with Gasteiger partial charge in [0, 0.05) is 19.1 Å². The van der Waals surface area contributed by atoms with E-state index in [9.17, 15) is 17.6 Å². The Bertz CT molecular complexity index is 825. The molecule has 2 aromatic rings. The summed E-state index contributed by atoms with van der Waals surface area (Å²) in [6, 6.07) is 14.5. The molecule has 0 saturated carbocycles. The van der Waals surface area contributed by atoms with Gasteiger partial charge in [-0.3, -0.25) is 4.79 Å². The third kappa shape index (κ3) is 5.11. The fourth-order valence-corrected chi connectivity index (χ4v) is 3.68. The topological polar surface area (TPSA) is 66.5 Å². The van der Waals surface area contributed by atoms with Crippen LogP contribution in [-0.2, 0) is 10.0 Å². The number of carbonyl (C=O) groups excluding carboxylic acids is 1. The maximum absolute atomic E-state index is 13.6. The van der Waals surface area contributed by atoms with Crippen LogP contribution in [0.4, 0.5) is 4.39 Å². The van der Waals surface area contributed by atoms with Gasteiger partial charge in [0.15, 0.2) is 0 Å².